The van der Waals surface area contributed by atoms with Gasteiger partial charge in [-0.15, -0.1) is 0 Å². The summed E-state index contributed by atoms with van der Waals surface area (Å²) in [6.45, 7) is 6.33. The van der Waals surface area contributed by atoms with Gasteiger partial charge in [-0.05, 0) is 44.9 Å². The Morgan fingerprint density at radius 3 is 1.37 bits per heavy atom. The van der Waals surface area contributed by atoms with Gasteiger partial charge >= 0.3 is 5.97 Å². The number of carbonyl (C=O) groups excluding carboxylic acids is 2. The zero-order chi connectivity index (χ0) is 43.8. The molecule has 0 saturated heterocycles. The lowest BCUT2D eigenvalue weighted by atomic mass is 10.0. The van der Waals surface area contributed by atoms with Gasteiger partial charge in [-0.1, -0.05) is 249 Å². The van der Waals surface area contributed by atoms with Crippen molar-refractivity contribution in [2.24, 2.45) is 0 Å². The summed E-state index contributed by atoms with van der Waals surface area (Å²) < 4.78 is 5.92. The summed E-state index contributed by atoms with van der Waals surface area (Å²) in [5.41, 5.74) is 0. The second-order valence-electron chi connectivity index (χ2n) is 17.6. The number of amides is 1. The highest BCUT2D eigenvalue weighted by atomic mass is 16.5. The monoisotopic (exact) mass is 842 g/mol. The lowest BCUT2D eigenvalue weighted by Crippen LogP contribution is -2.46. The number of rotatable bonds is 46. The Morgan fingerprint density at radius 2 is 0.900 bits per heavy atom. The van der Waals surface area contributed by atoms with Crippen LogP contribution in [-0.4, -0.2) is 46.9 Å². The van der Waals surface area contributed by atoms with Crippen molar-refractivity contribution in [3.05, 3.63) is 48.6 Å². The van der Waals surface area contributed by atoms with Crippen LogP contribution in [0.2, 0.25) is 0 Å². The predicted octanol–water partition coefficient (Wildman–Crippen LogP) is 15.5. The Kier molecular flexibility index (Phi) is 46.1. The van der Waals surface area contributed by atoms with E-state index in [9.17, 15) is 19.8 Å². The van der Waals surface area contributed by atoms with E-state index in [4.69, 9.17) is 4.74 Å². The van der Waals surface area contributed by atoms with Crippen LogP contribution >= 0.6 is 0 Å². The summed E-state index contributed by atoms with van der Waals surface area (Å²) in [5, 5.41) is 23.7. The molecule has 0 heterocycles. The van der Waals surface area contributed by atoms with Crippen molar-refractivity contribution in [1.29, 1.82) is 0 Å². The van der Waals surface area contributed by atoms with Crippen LogP contribution in [0.3, 0.4) is 0 Å². The molecule has 1 amide bonds. The lowest BCUT2D eigenvalue weighted by molar-refractivity contribution is -0.151. The molecule has 0 rings (SSSR count). The molecule has 0 spiro atoms. The van der Waals surface area contributed by atoms with Crippen molar-refractivity contribution in [2.45, 2.75) is 277 Å². The van der Waals surface area contributed by atoms with E-state index < -0.39 is 18.2 Å². The van der Waals surface area contributed by atoms with Crippen molar-refractivity contribution >= 4 is 11.9 Å². The second kappa shape index (κ2) is 47.9. The summed E-state index contributed by atoms with van der Waals surface area (Å²) in [4.78, 5) is 26.1. The van der Waals surface area contributed by atoms with Gasteiger partial charge in [-0.2, -0.15) is 0 Å². The van der Waals surface area contributed by atoms with E-state index in [-0.39, 0.29) is 24.9 Å². The number of ether oxygens (including phenoxy) is 1. The van der Waals surface area contributed by atoms with E-state index in [0.29, 0.717) is 19.3 Å². The van der Waals surface area contributed by atoms with E-state index in [1.54, 1.807) is 0 Å². The molecule has 0 aromatic rings. The Labute approximate surface area is 372 Å². The highest BCUT2D eigenvalue weighted by Crippen LogP contribution is 2.18. The van der Waals surface area contributed by atoms with Gasteiger partial charge in [0.1, 0.15) is 6.10 Å². The van der Waals surface area contributed by atoms with E-state index in [2.05, 4.69) is 50.4 Å². The van der Waals surface area contributed by atoms with Crippen LogP contribution in [0.4, 0.5) is 0 Å². The minimum atomic E-state index is -0.796. The number of allylic oxidation sites excluding steroid dienone is 8. The van der Waals surface area contributed by atoms with Crippen molar-refractivity contribution < 1.29 is 24.5 Å². The zero-order valence-corrected chi connectivity index (χ0v) is 39.8. The van der Waals surface area contributed by atoms with Gasteiger partial charge in [0.05, 0.1) is 25.2 Å². The molecule has 3 unspecified atom stereocenters. The molecule has 0 radical (unpaired) electrons. The fourth-order valence-electron chi connectivity index (χ4n) is 7.85. The Hall–Kier alpha value is -2.18. The fourth-order valence-corrected chi connectivity index (χ4v) is 7.85. The highest BCUT2D eigenvalue weighted by molar-refractivity contribution is 5.77. The van der Waals surface area contributed by atoms with Gasteiger partial charge in [-0.25, -0.2) is 0 Å². The van der Waals surface area contributed by atoms with Crippen LogP contribution in [0.15, 0.2) is 48.6 Å². The number of aliphatic hydroxyl groups is 2. The van der Waals surface area contributed by atoms with Gasteiger partial charge in [0.15, 0.2) is 0 Å². The molecule has 6 nitrogen and oxygen atoms in total. The number of nitrogens with one attached hydrogen (secondary N) is 1. The third-order valence-electron chi connectivity index (χ3n) is 11.8. The fraction of sp³-hybridized carbons (Fsp3) is 0.815. The van der Waals surface area contributed by atoms with E-state index >= 15 is 0 Å². The molecule has 0 aliphatic carbocycles. The standard InChI is InChI=1S/C54H99NO5/c1-4-7-10-13-16-19-22-24-25-26-27-28-30-32-35-38-41-44-47-54(59)60-50(45-42-39-36-33-31-29-23-20-17-14-11-8-5-2)48-53(58)55-51(49-56)52(57)46-43-40-37-34-21-18-15-12-9-6-3/h8,11,14,17,20,23,29,31,50-52,56-57H,4-7,9-10,12-13,15-16,18-19,21-22,24-28,30,32-49H2,1-3H3,(H,55,58)/b11-8+,17-14+,23-20+,31-29-. The maximum atomic E-state index is 13.2. The van der Waals surface area contributed by atoms with Crippen LogP contribution in [0.5, 0.6) is 0 Å². The maximum absolute atomic E-state index is 13.2. The average Bonchev–Trinajstić information content (AvgIpc) is 3.24. The van der Waals surface area contributed by atoms with Crippen LogP contribution in [0, 0.1) is 0 Å². The van der Waals surface area contributed by atoms with Crippen molar-refractivity contribution in [2.75, 3.05) is 6.61 Å². The third-order valence-corrected chi connectivity index (χ3v) is 11.8. The van der Waals surface area contributed by atoms with Crippen LogP contribution in [0.25, 0.3) is 0 Å². The molecule has 3 N–H and O–H groups in total. The van der Waals surface area contributed by atoms with E-state index in [0.717, 1.165) is 70.6 Å². The van der Waals surface area contributed by atoms with Crippen LogP contribution in [-0.2, 0) is 14.3 Å². The van der Waals surface area contributed by atoms with Crippen molar-refractivity contribution in [3.8, 4) is 0 Å². The number of hydrogen-bond acceptors (Lipinski definition) is 5. The van der Waals surface area contributed by atoms with Gasteiger partial charge in [0, 0.05) is 6.42 Å². The molecular formula is C54H99NO5. The van der Waals surface area contributed by atoms with Gasteiger partial charge in [0.2, 0.25) is 5.91 Å². The molecule has 0 aromatic carbocycles. The SMILES string of the molecule is CC/C=C/C=C/C=C/C=C\CCCCCC(CC(=O)NC(CO)C(O)CCCCCCCCCCCC)OC(=O)CCCCCCCCCCCCCCCCCCCC. The Morgan fingerprint density at radius 1 is 0.500 bits per heavy atom. The molecule has 60 heavy (non-hydrogen) atoms. The van der Waals surface area contributed by atoms with Gasteiger partial charge in [-0.3, -0.25) is 9.59 Å². The smallest absolute Gasteiger partial charge is 0.306 e. The number of aliphatic hydroxyl groups excluding tert-OH is 2. The first-order chi connectivity index (χ1) is 29.5. The largest absolute Gasteiger partial charge is 0.462 e. The van der Waals surface area contributed by atoms with Crippen molar-refractivity contribution in [1.82, 2.24) is 5.32 Å². The first kappa shape index (κ1) is 57.8. The predicted molar refractivity (Wildman–Crippen MR) is 259 cm³/mol. The molecule has 0 fully saturated rings. The van der Waals surface area contributed by atoms with Crippen LogP contribution in [0.1, 0.15) is 258 Å². The molecule has 0 aliphatic heterocycles. The quantitative estimate of drug-likeness (QED) is 0.0322. The van der Waals surface area contributed by atoms with Gasteiger partial charge in [0.25, 0.3) is 0 Å². The number of unbranched alkanes of at least 4 members (excludes halogenated alkanes) is 29. The molecular weight excluding hydrogens is 743 g/mol. The Bertz CT molecular complexity index is 1040. The normalized spacial score (nSPS) is 13.6. The topological polar surface area (TPSA) is 95.9 Å². The number of esters is 1. The number of carbonyl (C=O) groups is 2. The van der Waals surface area contributed by atoms with E-state index in [1.807, 2.05) is 24.3 Å². The molecule has 0 aromatic heterocycles. The second-order valence-corrected chi connectivity index (χ2v) is 17.6. The molecule has 0 saturated carbocycles. The molecule has 0 aliphatic rings. The summed E-state index contributed by atoms with van der Waals surface area (Å²) >= 11 is 0. The first-order valence-corrected chi connectivity index (χ1v) is 25.9. The lowest BCUT2D eigenvalue weighted by Gasteiger charge is -2.24. The molecule has 3 atom stereocenters. The highest BCUT2D eigenvalue weighted by Gasteiger charge is 2.24. The van der Waals surface area contributed by atoms with Gasteiger partial charge < -0.3 is 20.3 Å². The number of hydrogen-bond donors (Lipinski definition) is 3. The average molecular weight is 842 g/mol. The van der Waals surface area contributed by atoms with E-state index in [1.165, 1.54) is 141 Å². The molecule has 0 bridgehead atoms. The summed E-state index contributed by atoms with van der Waals surface area (Å²) in [5.74, 6) is -0.506. The Balaban J connectivity index is 4.55. The van der Waals surface area contributed by atoms with Crippen molar-refractivity contribution in [3.63, 3.8) is 0 Å². The zero-order valence-electron chi connectivity index (χ0n) is 39.8. The molecule has 350 valence electrons. The summed E-state index contributed by atoms with van der Waals surface area (Å²) in [6.07, 6.45) is 57.5. The third kappa shape index (κ3) is 42.5. The first-order valence-electron chi connectivity index (χ1n) is 25.9. The minimum Gasteiger partial charge on any atom is -0.462 e. The summed E-state index contributed by atoms with van der Waals surface area (Å²) in [7, 11) is 0. The van der Waals surface area contributed by atoms with Crippen LogP contribution < -0.4 is 5.32 Å². The minimum absolute atomic E-state index is 0.0536. The summed E-state index contributed by atoms with van der Waals surface area (Å²) in [6, 6.07) is -0.712. The molecule has 6 heteroatoms. The maximum Gasteiger partial charge on any atom is 0.306 e.